The molecular formula is C15H26N4OS. The van der Waals surface area contributed by atoms with Gasteiger partial charge in [-0.2, -0.15) is 11.8 Å². The maximum Gasteiger partial charge on any atom is 0.271 e. The van der Waals surface area contributed by atoms with Crippen molar-refractivity contribution in [2.24, 2.45) is 0 Å². The molecule has 1 aromatic rings. The Hall–Kier alpha value is -1.30. The van der Waals surface area contributed by atoms with Crippen molar-refractivity contribution in [2.45, 2.75) is 44.8 Å². The van der Waals surface area contributed by atoms with E-state index >= 15 is 0 Å². The minimum Gasteiger partial charge on any atom is -0.369 e. The van der Waals surface area contributed by atoms with Crippen LogP contribution in [0.25, 0.3) is 0 Å². The maximum atomic E-state index is 12.1. The third kappa shape index (κ3) is 5.19. The Morgan fingerprint density at radius 2 is 1.95 bits per heavy atom. The summed E-state index contributed by atoms with van der Waals surface area (Å²) in [6, 6.07) is 0. The molecule has 118 valence electrons. The molecule has 0 saturated heterocycles. The van der Waals surface area contributed by atoms with E-state index in [1.807, 2.05) is 0 Å². The predicted molar refractivity (Wildman–Crippen MR) is 90.0 cm³/mol. The van der Waals surface area contributed by atoms with Gasteiger partial charge in [0, 0.05) is 17.8 Å². The van der Waals surface area contributed by atoms with Crippen LogP contribution in [-0.2, 0) is 0 Å². The third-order valence-corrected chi connectivity index (χ3v) is 5.32. The van der Waals surface area contributed by atoms with Crippen molar-refractivity contribution >= 4 is 23.5 Å². The molecule has 0 bridgehead atoms. The molecule has 0 fully saturated rings. The van der Waals surface area contributed by atoms with Gasteiger partial charge in [-0.15, -0.1) is 0 Å². The van der Waals surface area contributed by atoms with Gasteiger partial charge in [-0.25, -0.2) is 9.97 Å². The second-order valence-corrected chi connectivity index (χ2v) is 6.26. The molecule has 2 N–H and O–H groups in total. The molecule has 1 rings (SSSR count). The molecular weight excluding hydrogens is 284 g/mol. The predicted octanol–water partition coefficient (Wildman–Crippen LogP) is 2.95. The summed E-state index contributed by atoms with van der Waals surface area (Å²) in [4.78, 5) is 20.5. The van der Waals surface area contributed by atoms with Crippen LogP contribution in [0.5, 0.6) is 0 Å². The van der Waals surface area contributed by atoms with Crippen molar-refractivity contribution in [3.63, 3.8) is 0 Å². The van der Waals surface area contributed by atoms with E-state index in [-0.39, 0.29) is 10.7 Å². The lowest BCUT2D eigenvalue weighted by Crippen LogP contribution is -2.39. The van der Waals surface area contributed by atoms with Crippen LogP contribution in [0.2, 0.25) is 0 Å². The molecule has 0 radical (unpaired) electrons. The van der Waals surface area contributed by atoms with Gasteiger partial charge in [-0.05, 0) is 25.5 Å². The Morgan fingerprint density at radius 1 is 1.24 bits per heavy atom. The number of aromatic nitrogens is 2. The van der Waals surface area contributed by atoms with E-state index < -0.39 is 0 Å². The maximum absolute atomic E-state index is 12.1. The van der Waals surface area contributed by atoms with Crippen LogP contribution >= 0.6 is 11.8 Å². The highest BCUT2D eigenvalue weighted by Gasteiger charge is 2.25. The highest BCUT2D eigenvalue weighted by atomic mass is 32.2. The number of rotatable bonds is 9. The van der Waals surface area contributed by atoms with Crippen molar-refractivity contribution in [3.8, 4) is 0 Å². The van der Waals surface area contributed by atoms with Gasteiger partial charge >= 0.3 is 0 Å². The van der Waals surface area contributed by atoms with E-state index in [9.17, 15) is 4.79 Å². The zero-order chi connectivity index (χ0) is 15.7. The summed E-state index contributed by atoms with van der Waals surface area (Å²) in [7, 11) is 0. The molecule has 6 heteroatoms. The summed E-state index contributed by atoms with van der Waals surface area (Å²) in [6.45, 7) is 7.89. The van der Waals surface area contributed by atoms with Crippen LogP contribution in [-0.4, -0.2) is 40.0 Å². The first-order chi connectivity index (χ1) is 10.1. The Kier molecular flexibility index (Phi) is 7.50. The number of carbonyl (C=O) groups excluding carboxylic acids is 1. The molecule has 0 aliphatic heterocycles. The molecule has 0 aliphatic carbocycles. The van der Waals surface area contributed by atoms with E-state index in [1.54, 1.807) is 18.0 Å². The summed E-state index contributed by atoms with van der Waals surface area (Å²) in [5, 5.41) is 6.11. The summed E-state index contributed by atoms with van der Waals surface area (Å²) >= 11 is 1.81. The number of nitrogens with zero attached hydrogens (tertiary/aromatic N) is 2. The van der Waals surface area contributed by atoms with Crippen molar-refractivity contribution < 1.29 is 4.79 Å². The lowest BCUT2D eigenvalue weighted by atomic mass is 10.0. The van der Waals surface area contributed by atoms with Gasteiger partial charge in [0.1, 0.15) is 11.5 Å². The number of nitrogens with one attached hydrogen (secondary N) is 2. The van der Waals surface area contributed by atoms with Crippen LogP contribution in [0.4, 0.5) is 5.82 Å². The molecule has 1 amide bonds. The fourth-order valence-electron chi connectivity index (χ4n) is 1.98. The summed E-state index contributed by atoms with van der Waals surface area (Å²) in [5.74, 6) is 0.541. The molecule has 0 aromatic carbocycles. The zero-order valence-electron chi connectivity index (χ0n) is 13.4. The van der Waals surface area contributed by atoms with Crippen molar-refractivity contribution in [2.75, 3.05) is 24.7 Å². The van der Waals surface area contributed by atoms with Crippen molar-refractivity contribution in [1.82, 2.24) is 15.3 Å². The molecule has 1 heterocycles. The monoisotopic (exact) mass is 310 g/mol. The summed E-state index contributed by atoms with van der Waals surface area (Å²) in [6.07, 6.45) is 8.28. The van der Waals surface area contributed by atoms with E-state index in [2.05, 4.69) is 47.6 Å². The van der Waals surface area contributed by atoms with Gasteiger partial charge in [-0.3, -0.25) is 4.79 Å². The number of amides is 1. The Labute approximate surface area is 131 Å². The minimum absolute atomic E-state index is 0.103. The number of anilines is 1. The van der Waals surface area contributed by atoms with E-state index in [0.717, 1.165) is 25.8 Å². The summed E-state index contributed by atoms with van der Waals surface area (Å²) in [5.41, 5.74) is 0.360. The van der Waals surface area contributed by atoms with Gasteiger partial charge in [0.25, 0.3) is 5.91 Å². The molecule has 21 heavy (non-hydrogen) atoms. The first-order valence-electron chi connectivity index (χ1n) is 7.50. The average Bonchev–Trinajstić information content (AvgIpc) is 2.55. The van der Waals surface area contributed by atoms with Crippen LogP contribution in [0.15, 0.2) is 12.4 Å². The molecule has 0 aliphatic rings. The standard InChI is InChI=1S/C15H26N4OS/c1-5-8-16-13-10-17-12(9-18-13)14(20)19-11-15(6-2,7-3)21-4/h9-10H,5-8,11H2,1-4H3,(H,16,18)(H,19,20). The second kappa shape index (κ2) is 8.87. The smallest absolute Gasteiger partial charge is 0.271 e. The van der Waals surface area contributed by atoms with Gasteiger partial charge < -0.3 is 10.6 Å². The Morgan fingerprint density at radius 3 is 2.43 bits per heavy atom. The lowest BCUT2D eigenvalue weighted by Gasteiger charge is -2.29. The quantitative estimate of drug-likeness (QED) is 0.734. The minimum atomic E-state index is -0.162. The van der Waals surface area contributed by atoms with Gasteiger partial charge in [0.15, 0.2) is 0 Å². The van der Waals surface area contributed by atoms with Crippen LogP contribution < -0.4 is 10.6 Å². The number of hydrogen-bond donors (Lipinski definition) is 2. The van der Waals surface area contributed by atoms with Gasteiger partial charge in [0.05, 0.1) is 12.4 Å². The normalized spacial score (nSPS) is 11.2. The Bertz CT molecular complexity index is 424. The van der Waals surface area contributed by atoms with E-state index in [0.29, 0.717) is 18.1 Å². The van der Waals surface area contributed by atoms with E-state index in [4.69, 9.17) is 0 Å². The highest BCUT2D eigenvalue weighted by molar-refractivity contribution is 8.00. The van der Waals surface area contributed by atoms with E-state index in [1.165, 1.54) is 6.20 Å². The molecule has 5 nitrogen and oxygen atoms in total. The molecule has 1 aromatic heterocycles. The topological polar surface area (TPSA) is 66.9 Å². The first kappa shape index (κ1) is 17.8. The van der Waals surface area contributed by atoms with Gasteiger partial charge in [-0.1, -0.05) is 20.8 Å². The molecule has 0 atom stereocenters. The number of thioether (sulfide) groups is 1. The van der Waals surface area contributed by atoms with Crippen LogP contribution in [0.1, 0.15) is 50.5 Å². The van der Waals surface area contributed by atoms with Crippen LogP contribution in [0, 0.1) is 0 Å². The van der Waals surface area contributed by atoms with Crippen molar-refractivity contribution in [3.05, 3.63) is 18.1 Å². The largest absolute Gasteiger partial charge is 0.369 e. The number of hydrogen-bond acceptors (Lipinski definition) is 5. The summed E-state index contributed by atoms with van der Waals surface area (Å²) < 4.78 is 0.103. The SMILES string of the molecule is CCCNc1cnc(C(=O)NCC(CC)(CC)SC)cn1. The van der Waals surface area contributed by atoms with Gasteiger partial charge in [0.2, 0.25) is 0 Å². The molecule has 0 saturated carbocycles. The number of carbonyl (C=O) groups is 1. The molecule has 0 unspecified atom stereocenters. The fourth-order valence-corrected chi connectivity index (χ4v) is 2.78. The average molecular weight is 310 g/mol. The molecule has 0 spiro atoms. The Balaban J connectivity index is 2.59. The lowest BCUT2D eigenvalue weighted by molar-refractivity contribution is 0.0943. The van der Waals surface area contributed by atoms with Crippen LogP contribution in [0.3, 0.4) is 0 Å². The third-order valence-electron chi connectivity index (χ3n) is 3.73. The zero-order valence-corrected chi connectivity index (χ0v) is 14.2. The first-order valence-corrected chi connectivity index (χ1v) is 8.72. The fraction of sp³-hybridized carbons (Fsp3) is 0.667. The van der Waals surface area contributed by atoms with Crippen molar-refractivity contribution in [1.29, 1.82) is 0 Å². The highest BCUT2D eigenvalue weighted by Crippen LogP contribution is 2.29. The second-order valence-electron chi connectivity index (χ2n) is 4.99.